The van der Waals surface area contributed by atoms with Gasteiger partial charge >= 0.3 is 0 Å². The van der Waals surface area contributed by atoms with Gasteiger partial charge in [0.1, 0.15) is 0 Å². The minimum atomic E-state index is -3.37. The molecule has 2 N–H and O–H groups in total. The van der Waals surface area contributed by atoms with E-state index in [4.69, 9.17) is 0 Å². The summed E-state index contributed by atoms with van der Waals surface area (Å²) in [5.41, 5.74) is 0.995. The summed E-state index contributed by atoms with van der Waals surface area (Å²) >= 11 is 0. The van der Waals surface area contributed by atoms with Crippen LogP contribution in [0, 0.1) is 5.92 Å². The fourth-order valence-corrected chi connectivity index (χ4v) is 3.67. The van der Waals surface area contributed by atoms with Crippen molar-refractivity contribution in [3.63, 3.8) is 0 Å². The van der Waals surface area contributed by atoms with E-state index < -0.39 is 10.0 Å². The lowest BCUT2D eigenvalue weighted by molar-refractivity contribution is 0.297. The Morgan fingerprint density at radius 1 is 1.40 bits per heavy atom. The van der Waals surface area contributed by atoms with E-state index in [1.54, 1.807) is 12.3 Å². The topological polar surface area (TPSA) is 63.1 Å². The van der Waals surface area contributed by atoms with Crippen molar-refractivity contribution in [2.75, 3.05) is 13.6 Å². The standard InChI is InChI=1S/C14H25N3O2S/c1-3-17-11-14(9-13(17)10-15-2)20(18,19)16-8-7-12-5-4-6-12/h9,11-12,15-16H,3-8,10H2,1-2H3. The Morgan fingerprint density at radius 2 is 2.15 bits per heavy atom. The first kappa shape index (κ1) is 15.5. The van der Waals surface area contributed by atoms with Crippen LogP contribution in [0.4, 0.5) is 0 Å². The van der Waals surface area contributed by atoms with Gasteiger partial charge in [-0.15, -0.1) is 0 Å². The lowest BCUT2D eigenvalue weighted by Crippen LogP contribution is -2.27. The highest BCUT2D eigenvalue weighted by atomic mass is 32.2. The Morgan fingerprint density at radius 3 is 2.70 bits per heavy atom. The summed E-state index contributed by atoms with van der Waals surface area (Å²) in [7, 11) is -1.51. The van der Waals surface area contributed by atoms with Crippen LogP contribution in [-0.2, 0) is 23.1 Å². The molecule has 0 spiro atoms. The molecular formula is C14H25N3O2S. The maximum absolute atomic E-state index is 12.3. The third kappa shape index (κ3) is 3.62. The molecule has 0 saturated heterocycles. The molecule has 1 saturated carbocycles. The number of hydrogen-bond donors (Lipinski definition) is 2. The monoisotopic (exact) mass is 299 g/mol. The molecule has 1 aliphatic rings. The molecule has 0 radical (unpaired) electrons. The second kappa shape index (κ2) is 6.74. The molecule has 20 heavy (non-hydrogen) atoms. The predicted molar refractivity (Wildman–Crippen MR) is 80.0 cm³/mol. The first-order valence-electron chi connectivity index (χ1n) is 7.40. The molecule has 5 nitrogen and oxygen atoms in total. The van der Waals surface area contributed by atoms with E-state index in [2.05, 4.69) is 10.0 Å². The van der Waals surface area contributed by atoms with Crippen LogP contribution in [0.15, 0.2) is 17.2 Å². The first-order valence-corrected chi connectivity index (χ1v) is 8.88. The number of hydrogen-bond acceptors (Lipinski definition) is 3. The molecule has 1 aromatic heterocycles. The lowest BCUT2D eigenvalue weighted by Gasteiger charge is -2.24. The Labute approximate surface area is 121 Å². The van der Waals surface area contributed by atoms with Gasteiger partial charge in [0.15, 0.2) is 0 Å². The van der Waals surface area contributed by atoms with Gasteiger partial charge in [-0.1, -0.05) is 19.3 Å². The molecule has 1 heterocycles. The summed E-state index contributed by atoms with van der Waals surface area (Å²) in [4.78, 5) is 0.373. The first-order chi connectivity index (χ1) is 9.56. The number of aromatic nitrogens is 1. The highest BCUT2D eigenvalue weighted by molar-refractivity contribution is 7.89. The molecule has 0 amide bonds. The molecule has 1 aliphatic carbocycles. The number of sulfonamides is 1. The molecule has 0 atom stereocenters. The van der Waals surface area contributed by atoms with Crippen molar-refractivity contribution >= 4 is 10.0 Å². The molecule has 1 fully saturated rings. The van der Waals surface area contributed by atoms with E-state index in [9.17, 15) is 8.42 Å². The van der Waals surface area contributed by atoms with Crippen molar-refractivity contribution < 1.29 is 8.42 Å². The van der Waals surface area contributed by atoms with Gasteiger partial charge in [-0.3, -0.25) is 0 Å². The summed E-state index contributed by atoms with van der Waals surface area (Å²) in [5.74, 6) is 0.720. The Bertz CT molecular complexity index is 533. The minimum absolute atomic E-state index is 0.373. The van der Waals surface area contributed by atoms with Crippen molar-refractivity contribution in [2.24, 2.45) is 5.92 Å². The smallest absolute Gasteiger partial charge is 0.242 e. The summed E-state index contributed by atoms with van der Waals surface area (Å²) < 4.78 is 29.2. The zero-order valence-corrected chi connectivity index (χ0v) is 13.2. The fourth-order valence-electron chi connectivity index (χ4n) is 2.56. The third-order valence-corrected chi connectivity index (χ3v) is 5.47. The molecule has 0 aliphatic heterocycles. The van der Waals surface area contributed by atoms with E-state index in [1.165, 1.54) is 19.3 Å². The Balaban J connectivity index is 2.00. The minimum Gasteiger partial charge on any atom is -0.349 e. The lowest BCUT2D eigenvalue weighted by atomic mass is 9.83. The second-order valence-electron chi connectivity index (χ2n) is 5.47. The van der Waals surface area contributed by atoms with Gasteiger partial charge in [0.2, 0.25) is 10.0 Å². The number of rotatable bonds is 8. The van der Waals surface area contributed by atoms with Crippen LogP contribution < -0.4 is 10.0 Å². The highest BCUT2D eigenvalue weighted by Crippen LogP contribution is 2.28. The van der Waals surface area contributed by atoms with Crippen LogP contribution in [0.2, 0.25) is 0 Å². The van der Waals surface area contributed by atoms with E-state index in [0.29, 0.717) is 18.0 Å². The van der Waals surface area contributed by atoms with Crippen molar-refractivity contribution in [1.29, 1.82) is 0 Å². The maximum Gasteiger partial charge on any atom is 0.242 e. The van der Waals surface area contributed by atoms with Crippen molar-refractivity contribution in [1.82, 2.24) is 14.6 Å². The predicted octanol–water partition coefficient (Wildman–Crippen LogP) is 1.70. The van der Waals surface area contributed by atoms with Crippen LogP contribution in [-0.4, -0.2) is 26.6 Å². The van der Waals surface area contributed by atoms with Crippen molar-refractivity contribution in [3.8, 4) is 0 Å². The molecular weight excluding hydrogens is 274 g/mol. The summed E-state index contributed by atoms with van der Waals surface area (Å²) in [6.07, 6.45) is 6.47. The third-order valence-electron chi connectivity index (χ3n) is 4.04. The van der Waals surface area contributed by atoms with Gasteiger partial charge in [0.25, 0.3) is 0 Å². The largest absolute Gasteiger partial charge is 0.349 e. The van der Waals surface area contributed by atoms with Crippen LogP contribution in [0.5, 0.6) is 0 Å². The van der Waals surface area contributed by atoms with E-state index in [0.717, 1.165) is 24.6 Å². The molecule has 6 heteroatoms. The summed E-state index contributed by atoms with van der Waals surface area (Å²) in [6.45, 7) is 4.01. The highest BCUT2D eigenvalue weighted by Gasteiger charge is 2.20. The van der Waals surface area contributed by atoms with Gasteiger partial charge in [0.05, 0.1) is 4.90 Å². The molecule has 2 rings (SSSR count). The summed E-state index contributed by atoms with van der Waals surface area (Å²) in [5, 5.41) is 3.06. The SMILES string of the molecule is CCn1cc(S(=O)(=O)NCCC2CCC2)cc1CNC. The maximum atomic E-state index is 12.3. The molecule has 114 valence electrons. The number of nitrogens with one attached hydrogen (secondary N) is 2. The Kier molecular flexibility index (Phi) is 5.23. The zero-order chi connectivity index (χ0) is 14.6. The average Bonchev–Trinajstić information content (AvgIpc) is 2.77. The molecule has 0 aromatic carbocycles. The van der Waals surface area contributed by atoms with Crippen molar-refractivity contribution in [3.05, 3.63) is 18.0 Å². The van der Waals surface area contributed by atoms with Gasteiger partial charge in [-0.2, -0.15) is 0 Å². The van der Waals surface area contributed by atoms with E-state index in [-0.39, 0.29) is 0 Å². The van der Waals surface area contributed by atoms with Gasteiger partial charge in [-0.25, -0.2) is 13.1 Å². The van der Waals surface area contributed by atoms with Gasteiger partial charge in [-0.05, 0) is 32.4 Å². The molecule has 1 aromatic rings. The normalized spacial score (nSPS) is 16.3. The fraction of sp³-hybridized carbons (Fsp3) is 0.714. The van der Waals surface area contributed by atoms with Crippen LogP contribution in [0.3, 0.4) is 0 Å². The van der Waals surface area contributed by atoms with E-state index in [1.807, 2.05) is 18.5 Å². The van der Waals surface area contributed by atoms with Gasteiger partial charge < -0.3 is 9.88 Å². The van der Waals surface area contributed by atoms with E-state index >= 15 is 0 Å². The number of aryl methyl sites for hydroxylation is 1. The Hall–Kier alpha value is -0.850. The molecule has 0 unspecified atom stereocenters. The quantitative estimate of drug-likeness (QED) is 0.768. The second-order valence-corrected chi connectivity index (χ2v) is 7.23. The number of nitrogens with zero attached hydrogens (tertiary/aromatic N) is 1. The van der Waals surface area contributed by atoms with Crippen LogP contribution in [0.1, 0.15) is 38.3 Å². The van der Waals surface area contributed by atoms with Crippen LogP contribution in [0.25, 0.3) is 0 Å². The summed E-state index contributed by atoms with van der Waals surface area (Å²) in [6, 6.07) is 1.76. The zero-order valence-electron chi connectivity index (χ0n) is 12.4. The van der Waals surface area contributed by atoms with Gasteiger partial charge in [0, 0.05) is 31.5 Å². The van der Waals surface area contributed by atoms with Crippen LogP contribution >= 0.6 is 0 Å². The average molecular weight is 299 g/mol. The molecule has 0 bridgehead atoms. The van der Waals surface area contributed by atoms with Crippen molar-refractivity contribution in [2.45, 2.75) is 50.6 Å².